The van der Waals surface area contributed by atoms with Gasteiger partial charge in [-0.15, -0.1) is 0 Å². The van der Waals surface area contributed by atoms with Gasteiger partial charge in [-0.2, -0.15) is 0 Å². The molecule has 2 N–H and O–H groups in total. The number of aryl methyl sites for hydroxylation is 2. The molecular weight excluding hydrogens is 442 g/mol. The first kappa shape index (κ1) is 25.8. The number of hydrogen-bond acceptors (Lipinski definition) is 3. The van der Waals surface area contributed by atoms with Gasteiger partial charge < -0.3 is 15.1 Å². The SMILES string of the molecule is Cc1ccc(CCN(C)CCCCC[C@H]2C[C@]3(C)[C@@H](O)CC[C@H]3[C@@H]3CCc4cc(O)ccc4[C@@H]23)cc1. The van der Waals surface area contributed by atoms with Crippen molar-refractivity contribution in [2.24, 2.45) is 23.2 Å². The molecule has 0 amide bonds. The van der Waals surface area contributed by atoms with E-state index in [1.54, 1.807) is 0 Å². The van der Waals surface area contributed by atoms with Crippen LogP contribution in [0.15, 0.2) is 42.5 Å². The van der Waals surface area contributed by atoms with Crippen LogP contribution in [0, 0.1) is 30.1 Å². The quantitative estimate of drug-likeness (QED) is 0.377. The van der Waals surface area contributed by atoms with Crippen LogP contribution < -0.4 is 0 Å². The number of aliphatic hydroxyl groups excluding tert-OH is 1. The van der Waals surface area contributed by atoms with E-state index in [0.717, 1.165) is 32.2 Å². The Labute approximate surface area is 218 Å². The fourth-order valence-electron chi connectivity index (χ4n) is 8.28. The number of likely N-dealkylation sites (N-methyl/N-ethyl adjacent to an activating group) is 1. The highest BCUT2D eigenvalue weighted by Gasteiger charge is 2.57. The predicted molar refractivity (Wildman–Crippen MR) is 148 cm³/mol. The van der Waals surface area contributed by atoms with Crippen LogP contribution >= 0.6 is 0 Å². The number of aliphatic hydroxyl groups is 1. The smallest absolute Gasteiger partial charge is 0.115 e. The van der Waals surface area contributed by atoms with Gasteiger partial charge in [0, 0.05) is 6.54 Å². The van der Waals surface area contributed by atoms with E-state index in [1.165, 1.54) is 67.3 Å². The molecule has 2 aromatic rings. The van der Waals surface area contributed by atoms with Gasteiger partial charge in [-0.05, 0) is 130 Å². The third-order valence-corrected chi connectivity index (χ3v) is 10.3. The van der Waals surface area contributed by atoms with Crippen LogP contribution in [0.4, 0.5) is 0 Å². The van der Waals surface area contributed by atoms with Crippen molar-refractivity contribution >= 4 is 0 Å². The van der Waals surface area contributed by atoms with Crippen molar-refractivity contribution in [2.45, 2.75) is 90.1 Å². The lowest BCUT2D eigenvalue weighted by atomic mass is 9.51. The topological polar surface area (TPSA) is 43.7 Å². The van der Waals surface area contributed by atoms with Crippen molar-refractivity contribution in [1.82, 2.24) is 4.90 Å². The van der Waals surface area contributed by atoms with Gasteiger partial charge in [0.2, 0.25) is 0 Å². The maximum Gasteiger partial charge on any atom is 0.115 e. The van der Waals surface area contributed by atoms with Crippen LogP contribution in [-0.4, -0.2) is 41.4 Å². The van der Waals surface area contributed by atoms with Crippen LogP contribution in [0.25, 0.3) is 0 Å². The van der Waals surface area contributed by atoms with Crippen molar-refractivity contribution in [3.8, 4) is 5.75 Å². The molecule has 0 unspecified atom stereocenters. The maximum atomic E-state index is 11.0. The molecule has 0 heterocycles. The summed E-state index contributed by atoms with van der Waals surface area (Å²) in [5, 5.41) is 21.1. The summed E-state index contributed by atoms with van der Waals surface area (Å²) in [5.74, 6) is 3.00. The molecule has 6 atom stereocenters. The molecule has 196 valence electrons. The van der Waals surface area contributed by atoms with E-state index in [0.29, 0.717) is 29.4 Å². The minimum atomic E-state index is -0.130. The molecule has 0 spiro atoms. The minimum absolute atomic E-state index is 0.0937. The molecule has 2 saturated carbocycles. The van der Waals surface area contributed by atoms with Gasteiger partial charge in [0.05, 0.1) is 6.10 Å². The summed E-state index contributed by atoms with van der Waals surface area (Å²) in [5.41, 5.74) is 5.74. The molecule has 3 aliphatic rings. The minimum Gasteiger partial charge on any atom is -0.508 e. The second kappa shape index (κ2) is 10.9. The van der Waals surface area contributed by atoms with Crippen molar-refractivity contribution < 1.29 is 10.2 Å². The van der Waals surface area contributed by atoms with Gasteiger partial charge in [-0.3, -0.25) is 0 Å². The summed E-state index contributed by atoms with van der Waals surface area (Å²) in [7, 11) is 2.26. The van der Waals surface area contributed by atoms with E-state index < -0.39 is 0 Å². The molecule has 3 nitrogen and oxygen atoms in total. The Morgan fingerprint density at radius 2 is 1.78 bits per heavy atom. The number of phenols is 1. The standard InChI is InChI=1S/C33H47NO2/c1-23-8-10-24(11-9-23)18-20-34(3)19-6-4-5-7-26-22-33(2)30(16-17-31(33)36)29-14-12-25-21-27(35)13-15-28(25)32(26)29/h8-11,13,15,21,26,29-32,35-36H,4-7,12,14,16-20,22H2,1-3H3/t26-,29-,30-,31-,32+,33-/m0/s1. The van der Waals surface area contributed by atoms with Gasteiger partial charge in [-0.25, -0.2) is 0 Å². The van der Waals surface area contributed by atoms with Crippen molar-refractivity contribution in [3.05, 3.63) is 64.7 Å². The summed E-state index contributed by atoms with van der Waals surface area (Å²) in [6.07, 6.45) is 11.7. The van der Waals surface area contributed by atoms with E-state index >= 15 is 0 Å². The molecule has 3 aliphatic carbocycles. The highest BCUT2D eigenvalue weighted by atomic mass is 16.3. The molecular formula is C33H47NO2. The fraction of sp³-hybridized carbons (Fsp3) is 0.636. The number of hydrogen-bond donors (Lipinski definition) is 2. The van der Waals surface area contributed by atoms with E-state index in [1.807, 2.05) is 12.1 Å². The van der Waals surface area contributed by atoms with Crippen LogP contribution in [0.1, 0.15) is 86.5 Å². The number of phenolic OH excluding ortho intramolecular Hbond substituents is 1. The normalized spacial score (nSPS) is 31.2. The molecule has 5 rings (SSSR count). The number of rotatable bonds is 9. The van der Waals surface area contributed by atoms with Crippen molar-refractivity contribution in [2.75, 3.05) is 20.1 Å². The van der Waals surface area contributed by atoms with Crippen LogP contribution in [0.5, 0.6) is 5.75 Å². The zero-order valence-corrected chi connectivity index (χ0v) is 22.8. The van der Waals surface area contributed by atoms with Gasteiger partial charge in [-0.1, -0.05) is 55.7 Å². The number of benzene rings is 2. The highest BCUT2D eigenvalue weighted by molar-refractivity contribution is 5.40. The zero-order valence-electron chi connectivity index (χ0n) is 22.8. The highest BCUT2D eigenvalue weighted by Crippen LogP contribution is 2.63. The molecule has 0 aliphatic heterocycles. The van der Waals surface area contributed by atoms with Crippen molar-refractivity contribution in [3.63, 3.8) is 0 Å². The summed E-state index contributed by atoms with van der Waals surface area (Å²) in [6, 6.07) is 15.1. The molecule has 2 aromatic carbocycles. The lowest BCUT2D eigenvalue weighted by Crippen LogP contribution is -2.47. The monoisotopic (exact) mass is 489 g/mol. The molecule has 0 aromatic heterocycles. The summed E-state index contributed by atoms with van der Waals surface area (Å²) in [4.78, 5) is 2.49. The molecule has 36 heavy (non-hydrogen) atoms. The van der Waals surface area contributed by atoms with E-state index in [4.69, 9.17) is 0 Å². The average Bonchev–Trinajstić information content (AvgIpc) is 3.16. The fourth-order valence-corrected chi connectivity index (χ4v) is 8.28. The Morgan fingerprint density at radius 1 is 0.972 bits per heavy atom. The second-order valence-corrected chi connectivity index (χ2v) is 12.7. The second-order valence-electron chi connectivity index (χ2n) is 12.7. The molecule has 0 saturated heterocycles. The predicted octanol–water partition coefficient (Wildman–Crippen LogP) is 6.88. The molecule has 0 radical (unpaired) electrons. The van der Waals surface area contributed by atoms with E-state index in [2.05, 4.69) is 56.1 Å². The van der Waals surface area contributed by atoms with Gasteiger partial charge in [0.1, 0.15) is 5.75 Å². The van der Waals surface area contributed by atoms with Crippen LogP contribution in [0.3, 0.4) is 0 Å². The third kappa shape index (κ3) is 5.24. The number of aromatic hydroxyl groups is 1. The average molecular weight is 490 g/mol. The number of unbranched alkanes of at least 4 members (excludes halogenated alkanes) is 2. The summed E-state index contributed by atoms with van der Waals surface area (Å²) < 4.78 is 0. The Bertz CT molecular complexity index is 1020. The summed E-state index contributed by atoms with van der Waals surface area (Å²) >= 11 is 0. The first-order chi connectivity index (χ1) is 17.3. The Hall–Kier alpha value is -1.84. The first-order valence-corrected chi connectivity index (χ1v) is 14.6. The molecule has 2 fully saturated rings. The van der Waals surface area contributed by atoms with E-state index in [-0.39, 0.29) is 11.5 Å². The van der Waals surface area contributed by atoms with Crippen LogP contribution in [-0.2, 0) is 12.8 Å². The Morgan fingerprint density at radius 3 is 2.58 bits per heavy atom. The van der Waals surface area contributed by atoms with Gasteiger partial charge >= 0.3 is 0 Å². The largest absolute Gasteiger partial charge is 0.508 e. The van der Waals surface area contributed by atoms with Gasteiger partial charge in [0.15, 0.2) is 0 Å². The summed E-state index contributed by atoms with van der Waals surface area (Å²) in [6.45, 7) is 6.84. The maximum absolute atomic E-state index is 11.0. The molecule has 0 bridgehead atoms. The Balaban J connectivity index is 1.16. The number of nitrogens with zero attached hydrogens (tertiary/aromatic N) is 1. The first-order valence-electron chi connectivity index (χ1n) is 14.6. The van der Waals surface area contributed by atoms with E-state index in [9.17, 15) is 10.2 Å². The van der Waals surface area contributed by atoms with Gasteiger partial charge in [0.25, 0.3) is 0 Å². The van der Waals surface area contributed by atoms with Crippen molar-refractivity contribution in [1.29, 1.82) is 0 Å². The third-order valence-electron chi connectivity index (χ3n) is 10.3. The lowest BCUT2D eigenvalue weighted by molar-refractivity contribution is -0.0501. The number of fused-ring (bicyclic) bond motifs is 5. The molecule has 3 heteroatoms. The van der Waals surface area contributed by atoms with Crippen LogP contribution in [0.2, 0.25) is 0 Å². The zero-order chi connectivity index (χ0) is 25.3. The lowest BCUT2D eigenvalue weighted by Gasteiger charge is -2.54. The Kier molecular flexibility index (Phi) is 7.79.